The van der Waals surface area contributed by atoms with Gasteiger partial charge >= 0.3 is 0 Å². The van der Waals surface area contributed by atoms with E-state index in [4.69, 9.17) is 11.6 Å². The van der Waals surface area contributed by atoms with E-state index >= 15 is 0 Å². The fourth-order valence-corrected chi connectivity index (χ4v) is 4.02. The monoisotopic (exact) mass is 428 g/mol. The first-order valence-electron chi connectivity index (χ1n) is 8.94. The molecule has 0 saturated heterocycles. The second-order valence-electron chi connectivity index (χ2n) is 6.81. The number of nitrogens with one attached hydrogen (secondary N) is 2. The molecule has 0 atom stereocenters. The van der Waals surface area contributed by atoms with Gasteiger partial charge in [-0.1, -0.05) is 41.4 Å². The van der Waals surface area contributed by atoms with Gasteiger partial charge in [-0.25, -0.2) is 8.42 Å². The maximum atomic E-state index is 12.8. The molecule has 0 spiro atoms. The van der Waals surface area contributed by atoms with E-state index < -0.39 is 15.9 Å². The summed E-state index contributed by atoms with van der Waals surface area (Å²) in [7, 11) is -3.78. The smallest absolute Gasteiger partial charge is 0.261 e. The van der Waals surface area contributed by atoms with Crippen LogP contribution in [0.15, 0.2) is 65.6 Å². The van der Waals surface area contributed by atoms with E-state index in [-0.39, 0.29) is 21.2 Å². The second kappa shape index (κ2) is 8.27. The van der Waals surface area contributed by atoms with Crippen LogP contribution in [0.5, 0.6) is 0 Å². The number of halogens is 1. The minimum Gasteiger partial charge on any atom is -0.322 e. The van der Waals surface area contributed by atoms with E-state index in [1.54, 1.807) is 18.2 Å². The number of benzene rings is 3. The van der Waals surface area contributed by atoms with Crippen LogP contribution in [0.3, 0.4) is 0 Å². The van der Waals surface area contributed by atoms with Gasteiger partial charge in [0.25, 0.3) is 15.9 Å². The lowest BCUT2D eigenvalue weighted by Crippen LogP contribution is -2.16. The van der Waals surface area contributed by atoms with Gasteiger partial charge < -0.3 is 5.32 Å². The zero-order valence-corrected chi connectivity index (χ0v) is 17.9. The lowest BCUT2D eigenvalue weighted by atomic mass is 10.1. The maximum absolute atomic E-state index is 12.8. The van der Waals surface area contributed by atoms with Crippen molar-refractivity contribution in [2.75, 3.05) is 10.0 Å². The Morgan fingerprint density at radius 1 is 0.931 bits per heavy atom. The number of hydrogen-bond acceptors (Lipinski definition) is 3. The molecule has 3 rings (SSSR count). The van der Waals surface area contributed by atoms with Crippen molar-refractivity contribution in [1.29, 1.82) is 0 Å². The molecular weight excluding hydrogens is 408 g/mol. The number of aryl methyl sites for hydroxylation is 2. The van der Waals surface area contributed by atoms with Crippen LogP contribution in [0.25, 0.3) is 0 Å². The average molecular weight is 429 g/mol. The van der Waals surface area contributed by atoms with E-state index in [1.807, 2.05) is 32.9 Å². The summed E-state index contributed by atoms with van der Waals surface area (Å²) in [4.78, 5) is 12.9. The molecule has 5 nitrogen and oxygen atoms in total. The van der Waals surface area contributed by atoms with E-state index in [2.05, 4.69) is 10.0 Å². The van der Waals surface area contributed by atoms with Gasteiger partial charge in [-0.2, -0.15) is 0 Å². The molecule has 0 saturated carbocycles. The molecular formula is C22H21ClN2O3S. The summed E-state index contributed by atoms with van der Waals surface area (Å²) in [6, 6.07) is 16.6. The number of carbonyl (C=O) groups is 1. The van der Waals surface area contributed by atoms with E-state index in [0.29, 0.717) is 5.69 Å². The molecule has 0 unspecified atom stereocenters. The molecule has 0 aliphatic carbocycles. The van der Waals surface area contributed by atoms with Crippen LogP contribution < -0.4 is 10.0 Å². The number of anilines is 2. The Bertz CT molecular complexity index is 1170. The normalized spacial score (nSPS) is 11.2. The van der Waals surface area contributed by atoms with Crippen molar-refractivity contribution >= 4 is 38.9 Å². The van der Waals surface area contributed by atoms with Crippen LogP contribution >= 0.6 is 11.6 Å². The van der Waals surface area contributed by atoms with E-state index in [1.165, 1.54) is 30.3 Å². The SMILES string of the molecule is Cc1ccc(S(=O)(=O)Nc2ccc(Cl)c(C(=O)Nc3cccc(C)c3C)c2)cc1. The van der Waals surface area contributed by atoms with E-state index in [0.717, 1.165) is 16.7 Å². The second-order valence-corrected chi connectivity index (χ2v) is 8.90. The van der Waals surface area contributed by atoms with Gasteiger partial charge in [-0.15, -0.1) is 0 Å². The van der Waals surface area contributed by atoms with Crippen molar-refractivity contribution in [3.8, 4) is 0 Å². The van der Waals surface area contributed by atoms with Crippen LogP contribution in [0, 0.1) is 20.8 Å². The Hall–Kier alpha value is -2.83. The summed E-state index contributed by atoms with van der Waals surface area (Å²) in [5, 5.41) is 3.06. The highest BCUT2D eigenvalue weighted by Gasteiger charge is 2.17. The van der Waals surface area contributed by atoms with Gasteiger partial charge in [-0.05, 0) is 68.3 Å². The topological polar surface area (TPSA) is 75.3 Å². The summed E-state index contributed by atoms with van der Waals surface area (Å²) in [6.07, 6.45) is 0. The molecule has 0 aliphatic heterocycles. The van der Waals surface area contributed by atoms with Crippen molar-refractivity contribution in [3.63, 3.8) is 0 Å². The van der Waals surface area contributed by atoms with Crippen molar-refractivity contribution in [2.45, 2.75) is 25.7 Å². The molecule has 150 valence electrons. The average Bonchev–Trinajstić information content (AvgIpc) is 2.67. The van der Waals surface area contributed by atoms with Crippen molar-refractivity contribution in [2.24, 2.45) is 0 Å². The Balaban J connectivity index is 1.87. The molecule has 3 aromatic rings. The van der Waals surface area contributed by atoms with Crippen LogP contribution in [0.4, 0.5) is 11.4 Å². The number of amides is 1. The van der Waals surface area contributed by atoms with Crippen LogP contribution in [-0.4, -0.2) is 14.3 Å². The third kappa shape index (κ3) is 4.78. The molecule has 0 bridgehead atoms. The number of sulfonamides is 1. The van der Waals surface area contributed by atoms with Crippen molar-refractivity contribution in [1.82, 2.24) is 0 Å². The Kier molecular flexibility index (Phi) is 5.96. The lowest BCUT2D eigenvalue weighted by Gasteiger charge is -2.13. The first-order valence-corrected chi connectivity index (χ1v) is 10.8. The largest absolute Gasteiger partial charge is 0.322 e. The van der Waals surface area contributed by atoms with Crippen molar-refractivity contribution < 1.29 is 13.2 Å². The Labute approximate surface area is 175 Å². The Morgan fingerprint density at radius 3 is 2.31 bits per heavy atom. The summed E-state index contributed by atoms with van der Waals surface area (Å²) in [5.41, 5.74) is 4.07. The van der Waals surface area contributed by atoms with Gasteiger partial charge in [0.1, 0.15) is 0 Å². The third-order valence-electron chi connectivity index (χ3n) is 4.65. The standard InChI is InChI=1S/C22H21ClN2O3S/c1-14-7-10-18(11-8-14)29(27,28)25-17-9-12-20(23)19(13-17)22(26)24-21-6-4-5-15(2)16(21)3/h4-13,25H,1-3H3,(H,24,26). The van der Waals surface area contributed by atoms with E-state index in [9.17, 15) is 13.2 Å². The number of rotatable bonds is 5. The summed E-state index contributed by atoms with van der Waals surface area (Å²) >= 11 is 6.20. The molecule has 1 amide bonds. The molecule has 29 heavy (non-hydrogen) atoms. The van der Waals surface area contributed by atoms with Crippen LogP contribution in [0.1, 0.15) is 27.0 Å². The summed E-state index contributed by atoms with van der Waals surface area (Å²) in [6.45, 7) is 5.75. The zero-order valence-electron chi connectivity index (χ0n) is 16.3. The van der Waals surface area contributed by atoms with Gasteiger partial charge in [0.2, 0.25) is 0 Å². The number of carbonyl (C=O) groups excluding carboxylic acids is 1. The quantitative estimate of drug-likeness (QED) is 0.577. The predicted octanol–water partition coefficient (Wildman–Crippen LogP) is 5.32. The van der Waals surface area contributed by atoms with Gasteiger partial charge in [0.05, 0.1) is 15.5 Å². The van der Waals surface area contributed by atoms with Gasteiger partial charge in [-0.3, -0.25) is 9.52 Å². The fraction of sp³-hybridized carbons (Fsp3) is 0.136. The summed E-state index contributed by atoms with van der Waals surface area (Å²) < 4.78 is 27.7. The molecule has 0 aliphatic rings. The lowest BCUT2D eigenvalue weighted by molar-refractivity contribution is 0.102. The highest BCUT2D eigenvalue weighted by atomic mass is 35.5. The Morgan fingerprint density at radius 2 is 1.62 bits per heavy atom. The molecule has 2 N–H and O–H groups in total. The highest BCUT2D eigenvalue weighted by Crippen LogP contribution is 2.25. The number of hydrogen-bond donors (Lipinski definition) is 2. The van der Waals surface area contributed by atoms with Crippen molar-refractivity contribution in [3.05, 3.63) is 87.9 Å². The van der Waals surface area contributed by atoms with Crippen LogP contribution in [0.2, 0.25) is 5.02 Å². The first kappa shape index (κ1) is 20.9. The molecule has 0 radical (unpaired) electrons. The highest BCUT2D eigenvalue weighted by molar-refractivity contribution is 7.92. The minimum atomic E-state index is -3.78. The summed E-state index contributed by atoms with van der Waals surface area (Å²) in [5.74, 6) is -0.417. The predicted molar refractivity (Wildman–Crippen MR) is 117 cm³/mol. The van der Waals surface area contributed by atoms with Gasteiger partial charge in [0, 0.05) is 11.4 Å². The maximum Gasteiger partial charge on any atom is 0.261 e. The zero-order chi connectivity index (χ0) is 21.2. The molecule has 0 aromatic heterocycles. The molecule has 3 aromatic carbocycles. The minimum absolute atomic E-state index is 0.138. The fourth-order valence-electron chi connectivity index (χ4n) is 2.77. The van der Waals surface area contributed by atoms with Gasteiger partial charge in [0.15, 0.2) is 0 Å². The molecule has 0 fully saturated rings. The first-order chi connectivity index (χ1) is 13.7. The van der Waals surface area contributed by atoms with Crippen LogP contribution in [-0.2, 0) is 10.0 Å². The molecule has 7 heteroatoms. The molecule has 0 heterocycles. The third-order valence-corrected chi connectivity index (χ3v) is 6.37.